The molecule has 0 saturated heterocycles. The van der Waals surface area contributed by atoms with Crippen molar-refractivity contribution in [3.05, 3.63) is 35.0 Å². The van der Waals surface area contributed by atoms with Gasteiger partial charge in [0, 0.05) is 17.1 Å². The summed E-state index contributed by atoms with van der Waals surface area (Å²) in [5, 5.41) is 2.70. The second kappa shape index (κ2) is 4.91. The van der Waals surface area contributed by atoms with Crippen LogP contribution in [0.4, 0.5) is 5.82 Å². The number of aryl methyl sites for hydroxylation is 1. The van der Waals surface area contributed by atoms with E-state index < -0.39 is 0 Å². The van der Waals surface area contributed by atoms with Crippen LogP contribution in [0.1, 0.15) is 12.0 Å². The highest BCUT2D eigenvalue weighted by molar-refractivity contribution is 9.10. The average Bonchev–Trinajstić information content (AvgIpc) is 2.10. The molecule has 0 aliphatic rings. The van der Waals surface area contributed by atoms with Gasteiger partial charge in [0.1, 0.15) is 5.82 Å². The molecule has 0 saturated carbocycles. The van der Waals surface area contributed by atoms with Gasteiger partial charge in [-0.1, -0.05) is 6.08 Å². The fraction of sp³-hybridized carbons (Fsp3) is 0.200. The zero-order valence-corrected chi connectivity index (χ0v) is 9.47. The number of aromatic nitrogens is 1. The van der Waals surface area contributed by atoms with Crippen LogP contribution in [0.25, 0.3) is 0 Å². The topological polar surface area (TPSA) is 42.0 Å². The number of halogens is 1. The first-order valence-electron chi connectivity index (χ1n) is 4.16. The van der Waals surface area contributed by atoms with Gasteiger partial charge < -0.3 is 5.32 Å². The van der Waals surface area contributed by atoms with Crippen LogP contribution in [-0.4, -0.2) is 10.9 Å². The van der Waals surface area contributed by atoms with Crippen LogP contribution in [0.2, 0.25) is 0 Å². The third-order valence-electron chi connectivity index (χ3n) is 1.63. The quantitative estimate of drug-likeness (QED) is 0.843. The molecule has 0 spiro atoms. The molecule has 74 valence electrons. The van der Waals surface area contributed by atoms with Gasteiger partial charge in [-0.25, -0.2) is 4.98 Å². The monoisotopic (exact) mass is 254 g/mol. The lowest BCUT2D eigenvalue weighted by atomic mass is 10.3. The summed E-state index contributed by atoms with van der Waals surface area (Å²) < 4.78 is 0.900. The third kappa shape index (κ3) is 2.96. The van der Waals surface area contributed by atoms with E-state index in [2.05, 4.69) is 32.8 Å². The Labute approximate surface area is 91.4 Å². The fourth-order valence-corrected chi connectivity index (χ4v) is 1.43. The van der Waals surface area contributed by atoms with Gasteiger partial charge >= 0.3 is 0 Å². The normalized spacial score (nSPS) is 9.57. The van der Waals surface area contributed by atoms with Crippen LogP contribution in [0, 0.1) is 6.92 Å². The number of amides is 1. The van der Waals surface area contributed by atoms with Crippen molar-refractivity contribution in [1.82, 2.24) is 4.98 Å². The van der Waals surface area contributed by atoms with E-state index in [-0.39, 0.29) is 5.91 Å². The molecule has 4 heteroatoms. The predicted octanol–water partition coefficient (Wildman–Crippen LogP) is 2.67. The minimum Gasteiger partial charge on any atom is -0.310 e. The Hall–Kier alpha value is -1.16. The predicted molar refractivity (Wildman–Crippen MR) is 60.1 cm³/mol. The van der Waals surface area contributed by atoms with E-state index in [4.69, 9.17) is 0 Å². The van der Waals surface area contributed by atoms with Crippen molar-refractivity contribution in [2.24, 2.45) is 0 Å². The molecule has 1 aromatic rings. The Morgan fingerprint density at radius 3 is 3.07 bits per heavy atom. The summed E-state index contributed by atoms with van der Waals surface area (Å²) in [6, 6.07) is 1.90. The van der Waals surface area contributed by atoms with Crippen LogP contribution >= 0.6 is 15.9 Å². The fourth-order valence-electron chi connectivity index (χ4n) is 0.986. The van der Waals surface area contributed by atoms with E-state index in [1.165, 1.54) is 0 Å². The SMILES string of the molecule is C=CCC(=O)Nc1ncc(Br)cc1C. The zero-order chi connectivity index (χ0) is 10.6. The van der Waals surface area contributed by atoms with E-state index in [0.717, 1.165) is 10.0 Å². The molecule has 0 aliphatic heterocycles. The number of rotatable bonds is 3. The first-order chi connectivity index (χ1) is 6.63. The standard InChI is InChI=1S/C10H11BrN2O/c1-3-4-9(14)13-10-7(2)5-8(11)6-12-10/h3,5-6H,1,4H2,2H3,(H,12,13,14). The number of hydrogen-bond donors (Lipinski definition) is 1. The molecular weight excluding hydrogens is 244 g/mol. The molecule has 1 amide bonds. The zero-order valence-electron chi connectivity index (χ0n) is 7.88. The summed E-state index contributed by atoms with van der Waals surface area (Å²) in [5.74, 6) is 0.498. The molecule has 14 heavy (non-hydrogen) atoms. The van der Waals surface area contributed by atoms with Gasteiger partial charge in [-0.05, 0) is 34.5 Å². The van der Waals surface area contributed by atoms with Crippen LogP contribution in [-0.2, 0) is 4.79 Å². The molecule has 1 N–H and O–H groups in total. The molecule has 1 aromatic heterocycles. The Bertz CT molecular complexity index is 363. The summed E-state index contributed by atoms with van der Waals surface area (Å²) in [5.41, 5.74) is 0.928. The first-order valence-corrected chi connectivity index (χ1v) is 4.95. The number of carbonyl (C=O) groups is 1. The number of nitrogens with one attached hydrogen (secondary N) is 1. The van der Waals surface area contributed by atoms with Crippen LogP contribution in [0.5, 0.6) is 0 Å². The van der Waals surface area contributed by atoms with Gasteiger partial charge in [0.2, 0.25) is 5.91 Å². The van der Waals surface area contributed by atoms with Crippen molar-refractivity contribution in [3.8, 4) is 0 Å². The summed E-state index contributed by atoms with van der Waals surface area (Å²) in [6.45, 7) is 5.38. The molecule has 1 heterocycles. The second-order valence-electron chi connectivity index (χ2n) is 2.86. The summed E-state index contributed by atoms with van der Waals surface area (Å²) in [6.07, 6.45) is 3.51. The van der Waals surface area contributed by atoms with E-state index in [9.17, 15) is 4.79 Å². The van der Waals surface area contributed by atoms with Crippen molar-refractivity contribution >= 4 is 27.7 Å². The Kier molecular flexibility index (Phi) is 3.83. The molecule has 0 aromatic carbocycles. The van der Waals surface area contributed by atoms with Gasteiger partial charge in [-0.3, -0.25) is 4.79 Å². The lowest BCUT2D eigenvalue weighted by Gasteiger charge is -2.05. The number of nitrogens with zero attached hydrogens (tertiary/aromatic N) is 1. The average molecular weight is 255 g/mol. The first kappa shape index (κ1) is 10.9. The summed E-state index contributed by atoms with van der Waals surface area (Å²) in [7, 11) is 0. The lowest BCUT2D eigenvalue weighted by molar-refractivity contribution is -0.115. The van der Waals surface area contributed by atoms with Crippen molar-refractivity contribution < 1.29 is 4.79 Å². The molecule has 0 fully saturated rings. The van der Waals surface area contributed by atoms with Crippen LogP contribution in [0.3, 0.4) is 0 Å². The Morgan fingerprint density at radius 2 is 2.50 bits per heavy atom. The maximum absolute atomic E-state index is 11.2. The van der Waals surface area contributed by atoms with Gasteiger partial charge in [0.15, 0.2) is 0 Å². The maximum Gasteiger partial charge on any atom is 0.229 e. The van der Waals surface area contributed by atoms with Crippen molar-refractivity contribution in [3.63, 3.8) is 0 Å². The minimum absolute atomic E-state index is 0.0991. The van der Waals surface area contributed by atoms with E-state index in [0.29, 0.717) is 12.2 Å². The third-order valence-corrected chi connectivity index (χ3v) is 2.07. The van der Waals surface area contributed by atoms with Crippen LogP contribution in [0.15, 0.2) is 29.4 Å². The van der Waals surface area contributed by atoms with Gasteiger partial charge in [0.25, 0.3) is 0 Å². The molecule has 0 aliphatic carbocycles. The molecule has 1 rings (SSSR count). The summed E-state index contributed by atoms with van der Waals surface area (Å²) >= 11 is 3.30. The van der Waals surface area contributed by atoms with Crippen molar-refractivity contribution in [2.45, 2.75) is 13.3 Å². The van der Waals surface area contributed by atoms with Gasteiger partial charge in [-0.15, -0.1) is 6.58 Å². The Balaban J connectivity index is 2.76. The van der Waals surface area contributed by atoms with Crippen molar-refractivity contribution in [1.29, 1.82) is 0 Å². The number of anilines is 1. The molecule has 0 radical (unpaired) electrons. The maximum atomic E-state index is 11.2. The number of pyridine rings is 1. The molecular formula is C10H11BrN2O. The smallest absolute Gasteiger partial charge is 0.229 e. The Morgan fingerprint density at radius 1 is 1.79 bits per heavy atom. The minimum atomic E-state index is -0.0991. The summed E-state index contributed by atoms with van der Waals surface area (Å²) in [4.78, 5) is 15.3. The number of hydrogen-bond acceptors (Lipinski definition) is 2. The lowest BCUT2D eigenvalue weighted by Crippen LogP contribution is -2.12. The van der Waals surface area contributed by atoms with Crippen molar-refractivity contribution in [2.75, 3.05) is 5.32 Å². The second-order valence-corrected chi connectivity index (χ2v) is 3.78. The highest BCUT2D eigenvalue weighted by Crippen LogP contribution is 2.16. The molecule has 0 bridgehead atoms. The highest BCUT2D eigenvalue weighted by Gasteiger charge is 2.04. The highest BCUT2D eigenvalue weighted by atomic mass is 79.9. The van der Waals surface area contributed by atoms with E-state index in [1.54, 1.807) is 12.3 Å². The van der Waals surface area contributed by atoms with E-state index >= 15 is 0 Å². The molecule has 0 unspecified atom stereocenters. The molecule has 0 atom stereocenters. The number of carbonyl (C=O) groups excluding carboxylic acids is 1. The molecule has 3 nitrogen and oxygen atoms in total. The van der Waals surface area contributed by atoms with Crippen LogP contribution < -0.4 is 5.32 Å². The van der Waals surface area contributed by atoms with Gasteiger partial charge in [-0.2, -0.15) is 0 Å². The van der Waals surface area contributed by atoms with E-state index in [1.807, 2.05) is 13.0 Å². The van der Waals surface area contributed by atoms with Gasteiger partial charge in [0.05, 0.1) is 0 Å². The largest absolute Gasteiger partial charge is 0.310 e.